The van der Waals surface area contributed by atoms with Crippen molar-refractivity contribution in [2.24, 2.45) is 0 Å². The second kappa shape index (κ2) is 6.61. The summed E-state index contributed by atoms with van der Waals surface area (Å²) in [5, 5.41) is 3.32. The molecule has 1 saturated heterocycles. The van der Waals surface area contributed by atoms with Crippen LogP contribution in [0.25, 0.3) is 0 Å². The summed E-state index contributed by atoms with van der Waals surface area (Å²) in [4.78, 5) is 24.7. The zero-order valence-corrected chi connectivity index (χ0v) is 12.0. The van der Waals surface area contributed by atoms with E-state index in [2.05, 4.69) is 5.32 Å². The summed E-state index contributed by atoms with van der Waals surface area (Å²) in [6, 6.07) is 6.67. The van der Waals surface area contributed by atoms with Gasteiger partial charge in [0.15, 0.2) is 0 Å². The van der Waals surface area contributed by atoms with Gasteiger partial charge in [0.25, 0.3) is 0 Å². The zero-order chi connectivity index (χ0) is 14.5. The number of hydrogen-bond acceptors (Lipinski definition) is 3. The molecule has 0 radical (unpaired) electrons. The van der Waals surface area contributed by atoms with Gasteiger partial charge in [-0.3, -0.25) is 9.59 Å². The molecule has 1 aromatic rings. The van der Waals surface area contributed by atoms with Crippen molar-refractivity contribution in [2.45, 2.75) is 18.9 Å². The number of halogens is 1. The molecule has 0 aromatic heterocycles. The summed E-state index contributed by atoms with van der Waals surface area (Å²) >= 11 is 5.78. The Kier molecular flexibility index (Phi) is 4.84. The van der Waals surface area contributed by atoms with Gasteiger partial charge < -0.3 is 15.0 Å². The van der Waals surface area contributed by atoms with E-state index in [-0.39, 0.29) is 17.9 Å². The summed E-state index contributed by atoms with van der Waals surface area (Å²) in [6.07, 6.45) is 0.992. The molecular weight excluding hydrogens is 280 g/mol. The van der Waals surface area contributed by atoms with Crippen LogP contribution in [0.1, 0.15) is 12.8 Å². The second-order valence-electron chi connectivity index (χ2n) is 4.72. The zero-order valence-electron chi connectivity index (χ0n) is 11.3. The van der Waals surface area contributed by atoms with Gasteiger partial charge in [-0.05, 0) is 30.7 Å². The van der Waals surface area contributed by atoms with E-state index < -0.39 is 0 Å². The minimum Gasteiger partial charge on any atom is -0.492 e. The van der Waals surface area contributed by atoms with Crippen LogP contribution < -0.4 is 10.1 Å². The molecule has 2 amide bonds. The number of nitrogens with one attached hydrogen (secondary N) is 1. The fourth-order valence-electron chi connectivity index (χ4n) is 2.01. The number of carbonyl (C=O) groups excluding carboxylic acids is 2. The number of carbonyl (C=O) groups is 2. The maximum absolute atomic E-state index is 12.0. The molecule has 6 heteroatoms. The first-order valence-corrected chi connectivity index (χ1v) is 6.87. The van der Waals surface area contributed by atoms with Crippen molar-refractivity contribution < 1.29 is 14.3 Å². The minimum atomic E-state index is -0.386. The predicted molar refractivity (Wildman–Crippen MR) is 75.7 cm³/mol. The average molecular weight is 297 g/mol. The Morgan fingerprint density at radius 1 is 1.45 bits per heavy atom. The van der Waals surface area contributed by atoms with Gasteiger partial charge in [0, 0.05) is 18.5 Å². The van der Waals surface area contributed by atoms with E-state index in [0.717, 1.165) is 0 Å². The molecule has 0 saturated carbocycles. The Balaban J connectivity index is 1.74. The molecular formula is C14H17ClN2O3. The fourth-order valence-corrected chi connectivity index (χ4v) is 2.13. The highest BCUT2D eigenvalue weighted by atomic mass is 35.5. The van der Waals surface area contributed by atoms with E-state index in [0.29, 0.717) is 36.8 Å². The van der Waals surface area contributed by atoms with Crippen LogP contribution in [0, 0.1) is 0 Å². The van der Waals surface area contributed by atoms with Crippen LogP contribution in [0.2, 0.25) is 5.02 Å². The smallest absolute Gasteiger partial charge is 0.245 e. The number of nitrogens with zero attached hydrogens (tertiary/aromatic N) is 1. The molecule has 0 aliphatic carbocycles. The highest BCUT2D eigenvalue weighted by molar-refractivity contribution is 6.30. The van der Waals surface area contributed by atoms with Crippen LogP contribution in [0.3, 0.4) is 0 Å². The van der Waals surface area contributed by atoms with Crippen LogP contribution in [0.4, 0.5) is 0 Å². The highest BCUT2D eigenvalue weighted by Gasteiger charge is 2.29. The van der Waals surface area contributed by atoms with Crippen molar-refractivity contribution in [1.29, 1.82) is 0 Å². The Labute approximate surface area is 122 Å². The van der Waals surface area contributed by atoms with Crippen molar-refractivity contribution in [3.05, 3.63) is 29.3 Å². The van der Waals surface area contributed by atoms with Crippen LogP contribution in [-0.2, 0) is 9.59 Å². The Hall–Kier alpha value is -1.75. The summed E-state index contributed by atoms with van der Waals surface area (Å²) in [7, 11) is 1.71. The number of amides is 2. The number of ether oxygens (including phenoxy) is 1. The van der Waals surface area contributed by atoms with Crippen molar-refractivity contribution in [2.75, 3.05) is 20.2 Å². The summed E-state index contributed by atoms with van der Waals surface area (Å²) in [6.45, 7) is 0.859. The van der Waals surface area contributed by atoms with Crippen molar-refractivity contribution in [3.63, 3.8) is 0 Å². The second-order valence-corrected chi connectivity index (χ2v) is 5.16. The molecule has 1 aliphatic rings. The molecule has 5 nitrogen and oxygen atoms in total. The van der Waals surface area contributed by atoms with Gasteiger partial charge in [-0.15, -0.1) is 0 Å². The molecule has 1 aliphatic heterocycles. The van der Waals surface area contributed by atoms with Gasteiger partial charge in [-0.2, -0.15) is 0 Å². The number of rotatable bonds is 5. The molecule has 1 unspecified atom stereocenters. The maximum Gasteiger partial charge on any atom is 0.245 e. The Bertz CT molecular complexity index is 490. The van der Waals surface area contributed by atoms with Crippen LogP contribution in [-0.4, -0.2) is 43.0 Å². The van der Waals surface area contributed by atoms with Gasteiger partial charge in [0.05, 0.1) is 6.54 Å². The number of hydrogen-bond donors (Lipinski definition) is 1. The quantitative estimate of drug-likeness (QED) is 0.895. The Morgan fingerprint density at radius 3 is 2.75 bits per heavy atom. The predicted octanol–water partition coefficient (Wildman–Crippen LogP) is 1.46. The van der Waals surface area contributed by atoms with Gasteiger partial charge in [0.1, 0.15) is 18.4 Å². The van der Waals surface area contributed by atoms with Gasteiger partial charge in [-0.25, -0.2) is 0 Å². The molecule has 20 heavy (non-hydrogen) atoms. The van der Waals surface area contributed by atoms with Gasteiger partial charge >= 0.3 is 0 Å². The summed E-state index contributed by atoms with van der Waals surface area (Å²) in [5.74, 6) is 0.578. The molecule has 1 aromatic carbocycles. The SMILES string of the molecule is CN(CCOc1ccc(Cl)cc1)C(=O)C1CCC(=O)N1. The van der Waals surface area contributed by atoms with E-state index in [1.807, 2.05) is 0 Å². The van der Waals surface area contributed by atoms with E-state index >= 15 is 0 Å². The first-order valence-electron chi connectivity index (χ1n) is 6.49. The minimum absolute atomic E-state index is 0.0610. The molecule has 1 fully saturated rings. The van der Waals surface area contributed by atoms with E-state index in [1.165, 1.54) is 0 Å². The van der Waals surface area contributed by atoms with Crippen molar-refractivity contribution in [3.8, 4) is 5.75 Å². The molecule has 1 N–H and O–H groups in total. The first kappa shape index (κ1) is 14.7. The molecule has 1 heterocycles. The molecule has 1 atom stereocenters. The lowest BCUT2D eigenvalue weighted by Crippen LogP contribution is -2.43. The van der Waals surface area contributed by atoms with Crippen molar-refractivity contribution >= 4 is 23.4 Å². The van der Waals surface area contributed by atoms with E-state index in [4.69, 9.17) is 16.3 Å². The lowest BCUT2D eigenvalue weighted by atomic mass is 10.2. The van der Waals surface area contributed by atoms with Gasteiger partial charge in [0.2, 0.25) is 11.8 Å². The molecule has 108 valence electrons. The molecule has 0 bridgehead atoms. The molecule has 2 rings (SSSR count). The fraction of sp³-hybridized carbons (Fsp3) is 0.429. The lowest BCUT2D eigenvalue weighted by molar-refractivity contribution is -0.133. The lowest BCUT2D eigenvalue weighted by Gasteiger charge is -2.21. The van der Waals surface area contributed by atoms with Crippen LogP contribution in [0.5, 0.6) is 5.75 Å². The third-order valence-electron chi connectivity index (χ3n) is 3.18. The highest BCUT2D eigenvalue weighted by Crippen LogP contribution is 2.15. The van der Waals surface area contributed by atoms with E-state index in [9.17, 15) is 9.59 Å². The molecule has 0 spiro atoms. The van der Waals surface area contributed by atoms with Crippen molar-refractivity contribution in [1.82, 2.24) is 10.2 Å². The van der Waals surface area contributed by atoms with Crippen LogP contribution in [0.15, 0.2) is 24.3 Å². The normalized spacial score (nSPS) is 17.7. The van der Waals surface area contributed by atoms with Crippen LogP contribution >= 0.6 is 11.6 Å². The average Bonchev–Trinajstić information content (AvgIpc) is 2.86. The standard InChI is InChI=1S/C14H17ClN2O3/c1-17(14(19)12-6-7-13(18)16-12)8-9-20-11-4-2-10(15)3-5-11/h2-5,12H,6-9H2,1H3,(H,16,18). The third-order valence-corrected chi connectivity index (χ3v) is 3.43. The number of likely N-dealkylation sites (N-methyl/N-ethyl adjacent to an activating group) is 1. The van der Waals surface area contributed by atoms with Gasteiger partial charge in [-0.1, -0.05) is 11.6 Å². The van der Waals surface area contributed by atoms with E-state index in [1.54, 1.807) is 36.2 Å². The monoisotopic (exact) mass is 296 g/mol. The Morgan fingerprint density at radius 2 is 2.15 bits per heavy atom. The largest absolute Gasteiger partial charge is 0.492 e. The number of benzene rings is 1. The topological polar surface area (TPSA) is 58.6 Å². The first-order chi connectivity index (χ1) is 9.56. The maximum atomic E-state index is 12.0. The third kappa shape index (κ3) is 3.87. The summed E-state index contributed by atoms with van der Waals surface area (Å²) < 4.78 is 5.53. The summed E-state index contributed by atoms with van der Waals surface area (Å²) in [5.41, 5.74) is 0.